The Morgan fingerprint density at radius 1 is 1.03 bits per heavy atom. The molecule has 0 fully saturated rings. The van der Waals surface area contributed by atoms with E-state index in [9.17, 15) is 9.59 Å². The molecule has 0 aliphatic carbocycles. The molecule has 0 bridgehead atoms. The van der Waals surface area contributed by atoms with Crippen molar-refractivity contribution in [2.45, 2.75) is 13.8 Å². The zero-order valence-electron chi connectivity index (χ0n) is 16.1. The lowest BCUT2D eigenvalue weighted by molar-refractivity contribution is 0.0992. The lowest BCUT2D eigenvalue weighted by atomic mass is 9.97. The maximum atomic E-state index is 12.8. The van der Waals surface area contributed by atoms with Crippen LogP contribution in [-0.2, 0) is 6.42 Å². The summed E-state index contributed by atoms with van der Waals surface area (Å²) in [6, 6.07) is 17.7. The van der Waals surface area contributed by atoms with Crippen LogP contribution in [0.3, 0.4) is 0 Å². The molecule has 2 aromatic carbocycles. The zero-order chi connectivity index (χ0) is 20.9. The van der Waals surface area contributed by atoms with E-state index in [2.05, 4.69) is 20.6 Å². The van der Waals surface area contributed by atoms with Crippen LogP contribution in [-0.4, -0.2) is 35.6 Å². The number of halogens is 1. The number of hydrogen-bond acceptors (Lipinski definition) is 5. The van der Waals surface area contributed by atoms with Gasteiger partial charge >= 0.3 is 0 Å². The van der Waals surface area contributed by atoms with E-state index in [-0.39, 0.29) is 25.5 Å². The van der Waals surface area contributed by atoms with Gasteiger partial charge in [-0.15, -0.1) is 0 Å². The topological polar surface area (TPSA) is 83.5 Å². The van der Waals surface area contributed by atoms with Crippen LogP contribution in [0, 0.1) is 0 Å². The minimum absolute atomic E-state index is 0. The van der Waals surface area contributed by atoms with Crippen LogP contribution >= 0.6 is 11.6 Å². The molecule has 31 heavy (non-hydrogen) atoms. The predicted molar refractivity (Wildman–Crippen MR) is 124 cm³/mol. The van der Waals surface area contributed by atoms with Crippen LogP contribution in [0.25, 0.3) is 0 Å². The molecule has 4 rings (SSSR count). The Labute approximate surface area is 186 Å². The van der Waals surface area contributed by atoms with Gasteiger partial charge in [0.1, 0.15) is 11.7 Å². The molecular formula is C24H23ClN4O2. The molecule has 0 saturated carbocycles. The molecule has 0 unspecified atom stereocenters. The number of benzene rings is 2. The van der Waals surface area contributed by atoms with Crippen LogP contribution in [0.2, 0.25) is 5.02 Å². The number of amides is 1. The lowest BCUT2D eigenvalue weighted by Gasteiger charge is -2.10. The average molecular weight is 435 g/mol. The largest absolute Gasteiger partial charge is 0.368 e. The molecule has 0 atom stereocenters. The molecular weight excluding hydrogens is 412 g/mol. The van der Waals surface area contributed by atoms with E-state index in [1.165, 1.54) is 6.20 Å². The summed E-state index contributed by atoms with van der Waals surface area (Å²) in [4.78, 5) is 34.0. The van der Waals surface area contributed by atoms with Gasteiger partial charge in [-0.25, -0.2) is 4.98 Å². The summed E-state index contributed by atoms with van der Waals surface area (Å²) in [6.45, 7) is 1.60. The van der Waals surface area contributed by atoms with Gasteiger partial charge in [-0.1, -0.05) is 61.5 Å². The number of carbonyl (C=O) groups is 2. The number of aliphatic imine (C=N–C) groups is 1. The minimum atomic E-state index is -0.325. The fourth-order valence-electron chi connectivity index (χ4n) is 3.21. The molecule has 6 nitrogen and oxygen atoms in total. The number of aromatic nitrogens is 1. The van der Waals surface area contributed by atoms with Crippen molar-refractivity contribution in [3.8, 4) is 0 Å². The fraction of sp³-hybridized carbons (Fsp3) is 0.167. The zero-order valence-corrected chi connectivity index (χ0v) is 16.8. The van der Waals surface area contributed by atoms with Crippen LogP contribution in [0.5, 0.6) is 0 Å². The van der Waals surface area contributed by atoms with Crippen molar-refractivity contribution in [2.75, 3.05) is 18.4 Å². The Balaban J connectivity index is 0.00000272. The summed E-state index contributed by atoms with van der Waals surface area (Å²) in [5, 5.41) is 6.44. The first-order chi connectivity index (χ1) is 14.6. The van der Waals surface area contributed by atoms with Gasteiger partial charge < -0.3 is 10.6 Å². The molecule has 2 N–H and O–H groups in total. The monoisotopic (exact) mass is 434 g/mol. The average Bonchev–Trinajstić information content (AvgIpc) is 3.31. The highest BCUT2D eigenvalue weighted by molar-refractivity contribution is 6.30. The number of ketones is 1. The summed E-state index contributed by atoms with van der Waals surface area (Å²) in [6.07, 6.45) is 1.58. The molecule has 3 aromatic rings. The summed E-state index contributed by atoms with van der Waals surface area (Å²) in [5.41, 5.74) is 2.63. The van der Waals surface area contributed by atoms with Gasteiger partial charge in [0.2, 0.25) is 0 Å². The summed E-state index contributed by atoms with van der Waals surface area (Å²) in [5.74, 6) is 0.859. The minimum Gasteiger partial charge on any atom is -0.368 e. The molecule has 0 radical (unpaired) electrons. The third-order valence-corrected chi connectivity index (χ3v) is 4.96. The molecule has 1 aliphatic heterocycles. The van der Waals surface area contributed by atoms with Crippen molar-refractivity contribution in [3.63, 3.8) is 0 Å². The number of hydrogen-bond donors (Lipinski definition) is 2. The highest BCUT2D eigenvalue weighted by Crippen LogP contribution is 2.16. The van der Waals surface area contributed by atoms with E-state index in [0.29, 0.717) is 27.5 Å². The van der Waals surface area contributed by atoms with E-state index in [1.807, 2.05) is 18.2 Å². The molecule has 1 amide bonds. The normalized spacial score (nSPS) is 12.4. The Morgan fingerprint density at radius 3 is 2.48 bits per heavy atom. The molecule has 1 aliphatic rings. The molecule has 1 aromatic heterocycles. The number of Topliss-reactive ketones (excluding diaryl/α,β-unsaturated/α-hetero) is 1. The highest BCUT2D eigenvalue weighted by Gasteiger charge is 2.16. The van der Waals surface area contributed by atoms with Crippen molar-refractivity contribution in [3.05, 3.63) is 94.1 Å². The van der Waals surface area contributed by atoms with Crippen LogP contribution in [0.15, 0.2) is 71.9 Å². The second kappa shape index (κ2) is 10.00. The van der Waals surface area contributed by atoms with Crippen molar-refractivity contribution in [1.29, 1.82) is 0 Å². The maximum absolute atomic E-state index is 12.8. The summed E-state index contributed by atoms with van der Waals surface area (Å²) < 4.78 is 0. The van der Waals surface area contributed by atoms with Crippen LogP contribution in [0.1, 0.15) is 39.3 Å². The highest BCUT2D eigenvalue weighted by atomic mass is 35.5. The number of anilines is 1. The summed E-state index contributed by atoms with van der Waals surface area (Å²) in [7, 11) is 0. The SMILES string of the molecule is C.O=C(Cc1ccccc1C(=O)Nc1ccc(Cl)cn1)c1ccc(C2=NCCN2)cc1. The fourth-order valence-corrected chi connectivity index (χ4v) is 3.32. The van der Waals surface area contributed by atoms with Gasteiger partial charge in [-0.3, -0.25) is 14.6 Å². The van der Waals surface area contributed by atoms with Gasteiger partial charge in [0.05, 0.1) is 11.6 Å². The van der Waals surface area contributed by atoms with E-state index in [4.69, 9.17) is 11.6 Å². The smallest absolute Gasteiger partial charge is 0.257 e. The van der Waals surface area contributed by atoms with Crippen molar-refractivity contribution >= 4 is 34.9 Å². The number of pyridine rings is 1. The van der Waals surface area contributed by atoms with Gasteiger partial charge in [0.15, 0.2) is 5.78 Å². The second-order valence-electron chi connectivity index (χ2n) is 6.81. The molecule has 2 heterocycles. The predicted octanol–water partition coefficient (Wildman–Crippen LogP) is 4.40. The van der Waals surface area contributed by atoms with Crippen molar-refractivity contribution in [2.24, 2.45) is 4.99 Å². The summed E-state index contributed by atoms with van der Waals surface area (Å²) >= 11 is 5.83. The van der Waals surface area contributed by atoms with Crippen LogP contribution < -0.4 is 10.6 Å². The first kappa shape index (κ1) is 22.2. The quantitative estimate of drug-likeness (QED) is 0.563. The molecule has 0 saturated heterocycles. The molecule has 0 spiro atoms. The van der Waals surface area contributed by atoms with Gasteiger partial charge in [0, 0.05) is 35.9 Å². The standard InChI is InChI=1S/C23H19ClN4O2.CH4/c24-18-9-10-21(27-14-18)28-23(30)19-4-2-1-3-17(19)13-20(29)15-5-7-16(8-6-15)22-25-11-12-26-22;/h1-10,14H,11-13H2,(H,25,26)(H,27,28,30);1H4. The van der Waals surface area contributed by atoms with E-state index in [1.54, 1.807) is 42.5 Å². The number of carbonyl (C=O) groups excluding carboxylic acids is 2. The second-order valence-corrected chi connectivity index (χ2v) is 7.24. The number of nitrogens with zero attached hydrogens (tertiary/aromatic N) is 2. The van der Waals surface area contributed by atoms with Crippen molar-refractivity contribution in [1.82, 2.24) is 10.3 Å². The lowest BCUT2D eigenvalue weighted by Crippen LogP contribution is -2.19. The Bertz CT molecular complexity index is 1110. The van der Waals surface area contributed by atoms with E-state index >= 15 is 0 Å². The first-order valence-electron chi connectivity index (χ1n) is 9.53. The third kappa shape index (κ3) is 5.35. The van der Waals surface area contributed by atoms with Gasteiger partial charge in [-0.2, -0.15) is 0 Å². The molecule has 158 valence electrons. The Kier molecular flexibility index (Phi) is 7.15. The number of nitrogens with one attached hydrogen (secondary N) is 2. The Morgan fingerprint density at radius 2 is 1.81 bits per heavy atom. The molecule has 7 heteroatoms. The van der Waals surface area contributed by atoms with Crippen LogP contribution in [0.4, 0.5) is 5.82 Å². The number of amidine groups is 1. The number of rotatable bonds is 6. The van der Waals surface area contributed by atoms with Gasteiger partial charge in [0.25, 0.3) is 5.91 Å². The van der Waals surface area contributed by atoms with E-state index < -0.39 is 0 Å². The van der Waals surface area contributed by atoms with Gasteiger partial charge in [-0.05, 0) is 23.8 Å². The maximum Gasteiger partial charge on any atom is 0.257 e. The first-order valence-corrected chi connectivity index (χ1v) is 9.91. The Hall–Kier alpha value is -3.51. The van der Waals surface area contributed by atoms with Crippen molar-refractivity contribution < 1.29 is 9.59 Å². The van der Waals surface area contributed by atoms with E-state index in [0.717, 1.165) is 24.5 Å². The third-order valence-electron chi connectivity index (χ3n) is 4.74.